The summed E-state index contributed by atoms with van der Waals surface area (Å²) in [6.07, 6.45) is 6.36. The van der Waals surface area contributed by atoms with Gasteiger partial charge in [0.15, 0.2) is 5.82 Å². The quantitative estimate of drug-likeness (QED) is 0.767. The Morgan fingerprint density at radius 2 is 2.04 bits per heavy atom. The van der Waals surface area contributed by atoms with Gasteiger partial charge in [-0.25, -0.2) is 4.98 Å². The van der Waals surface area contributed by atoms with Gasteiger partial charge in [0, 0.05) is 37.5 Å². The molecule has 0 atom stereocenters. The molecule has 0 aromatic carbocycles. The number of rotatable bonds is 4. The van der Waals surface area contributed by atoms with E-state index in [2.05, 4.69) is 20.2 Å². The zero-order valence-corrected chi connectivity index (χ0v) is 15.5. The molecule has 0 radical (unpaired) electrons. The molecule has 0 saturated carbocycles. The molecule has 4 heterocycles. The lowest BCUT2D eigenvalue weighted by atomic mass is 9.93. The van der Waals surface area contributed by atoms with E-state index in [0.29, 0.717) is 11.7 Å². The van der Waals surface area contributed by atoms with Crippen LogP contribution in [-0.2, 0) is 6.42 Å². The summed E-state index contributed by atoms with van der Waals surface area (Å²) in [5, 5.41) is 9.35. The van der Waals surface area contributed by atoms with Gasteiger partial charge < -0.3 is 4.90 Å². The third kappa shape index (κ3) is 3.53. The molecule has 134 valence electrons. The zero-order valence-electron chi connectivity index (χ0n) is 14.7. The van der Waals surface area contributed by atoms with E-state index >= 15 is 0 Å². The third-order valence-electron chi connectivity index (χ3n) is 4.91. The van der Waals surface area contributed by atoms with Gasteiger partial charge in [-0.2, -0.15) is 5.10 Å². The fraction of sp³-hybridized carbons (Fsp3) is 0.368. The molecule has 3 aromatic heterocycles. The molecule has 0 unspecified atom stereocenters. The summed E-state index contributed by atoms with van der Waals surface area (Å²) in [5.74, 6) is 2.33. The first kappa shape index (κ1) is 16.9. The number of hydrogen-bond acceptors (Lipinski definition) is 5. The van der Waals surface area contributed by atoms with Gasteiger partial charge >= 0.3 is 0 Å². The summed E-state index contributed by atoms with van der Waals surface area (Å²) in [5.41, 5.74) is 2.04. The molecule has 1 N–H and O–H groups in total. The van der Waals surface area contributed by atoms with E-state index in [1.54, 1.807) is 12.4 Å². The minimum atomic E-state index is 0.176. The average Bonchev–Trinajstić information content (AvgIpc) is 3.32. The molecular formula is C19H21N5OS. The predicted molar refractivity (Wildman–Crippen MR) is 101 cm³/mol. The lowest BCUT2D eigenvalue weighted by Crippen LogP contribution is -2.38. The molecule has 0 spiro atoms. The minimum absolute atomic E-state index is 0.176. The van der Waals surface area contributed by atoms with Gasteiger partial charge in [-0.15, -0.1) is 11.3 Å². The van der Waals surface area contributed by atoms with Crippen molar-refractivity contribution in [3.63, 3.8) is 0 Å². The van der Waals surface area contributed by atoms with Crippen LogP contribution in [0, 0.1) is 12.8 Å². The number of carbonyl (C=O) groups excluding carboxylic acids is 1. The average molecular weight is 367 g/mol. The number of likely N-dealkylation sites (tertiary alicyclic amines) is 1. The first-order valence-corrected chi connectivity index (χ1v) is 9.73. The maximum absolute atomic E-state index is 12.6. The second-order valence-electron chi connectivity index (χ2n) is 6.71. The lowest BCUT2D eigenvalue weighted by molar-refractivity contribution is 0.0694. The lowest BCUT2D eigenvalue weighted by Gasteiger charge is -2.31. The minimum Gasteiger partial charge on any atom is -0.338 e. The van der Waals surface area contributed by atoms with E-state index in [9.17, 15) is 4.79 Å². The molecule has 0 aliphatic carbocycles. The van der Waals surface area contributed by atoms with Crippen LogP contribution in [0.2, 0.25) is 0 Å². The van der Waals surface area contributed by atoms with Gasteiger partial charge in [0.2, 0.25) is 0 Å². The highest BCUT2D eigenvalue weighted by Crippen LogP contribution is 2.25. The Kier molecular flexibility index (Phi) is 4.79. The summed E-state index contributed by atoms with van der Waals surface area (Å²) in [6.45, 7) is 3.62. The second-order valence-corrected chi connectivity index (χ2v) is 7.63. The van der Waals surface area contributed by atoms with Crippen molar-refractivity contribution >= 4 is 17.2 Å². The number of pyridine rings is 1. The molecule has 1 aliphatic rings. The molecule has 4 rings (SSSR count). The van der Waals surface area contributed by atoms with E-state index in [1.807, 2.05) is 35.4 Å². The van der Waals surface area contributed by atoms with Crippen LogP contribution >= 0.6 is 11.3 Å². The summed E-state index contributed by atoms with van der Waals surface area (Å²) in [7, 11) is 0. The van der Waals surface area contributed by atoms with E-state index in [-0.39, 0.29) is 5.91 Å². The molecule has 26 heavy (non-hydrogen) atoms. The number of carbonyl (C=O) groups is 1. The van der Waals surface area contributed by atoms with Crippen LogP contribution in [0.25, 0.3) is 11.4 Å². The van der Waals surface area contributed by atoms with Crippen molar-refractivity contribution in [3.8, 4) is 11.4 Å². The van der Waals surface area contributed by atoms with Crippen LogP contribution in [0.5, 0.6) is 0 Å². The Labute approximate surface area is 156 Å². The number of aromatic nitrogens is 4. The molecule has 1 amide bonds. The smallest absolute Gasteiger partial charge is 0.264 e. The molecule has 1 aliphatic heterocycles. The fourth-order valence-corrected chi connectivity index (χ4v) is 4.26. The highest BCUT2D eigenvalue weighted by molar-refractivity contribution is 7.12. The van der Waals surface area contributed by atoms with Gasteiger partial charge in [-0.05, 0) is 54.8 Å². The fourth-order valence-electron chi connectivity index (χ4n) is 3.37. The molecular weight excluding hydrogens is 346 g/mol. The summed E-state index contributed by atoms with van der Waals surface area (Å²) < 4.78 is 0. The van der Waals surface area contributed by atoms with Crippen LogP contribution in [0.15, 0.2) is 36.0 Å². The summed E-state index contributed by atoms with van der Waals surface area (Å²) in [4.78, 5) is 24.1. The van der Waals surface area contributed by atoms with Crippen LogP contribution in [0.4, 0.5) is 0 Å². The number of hydrogen-bond donors (Lipinski definition) is 1. The number of nitrogens with one attached hydrogen (secondary N) is 1. The van der Waals surface area contributed by atoms with Crippen LogP contribution in [-0.4, -0.2) is 44.1 Å². The number of amides is 1. The zero-order chi connectivity index (χ0) is 17.9. The van der Waals surface area contributed by atoms with Crippen molar-refractivity contribution in [3.05, 3.63) is 52.2 Å². The van der Waals surface area contributed by atoms with Crippen molar-refractivity contribution in [1.29, 1.82) is 0 Å². The van der Waals surface area contributed by atoms with Crippen molar-refractivity contribution in [2.75, 3.05) is 13.1 Å². The molecule has 7 heteroatoms. The number of thiophene rings is 1. The van der Waals surface area contributed by atoms with Gasteiger partial charge in [0.05, 0.1) is 4.88 Å². The number of nitrogens with zero attached hydrogens (tertiary/aromatic N) is 4. The Balaban J connectivity index is 1.34. The van der Waals surface area contributed by atoms with Crippen molar-refractivity contribution in [1.82, 2.24) is 25.1 Å². The maximum Gasteiger partial charge on any atom is 0.264 e. The Morgan fingerprint density at radius 1 is 1.27 bits per heavy atom. The van der Waals surface area contributed by atoms with Gasteiger partial charge in [-0.1, -0.05) is 0 Å². The number of H-pyrrole nitrogens is 1. The number of aromatic amines is 1. The SMILES string of the molecule is Cc1ccsc1C(=O)N1CCC(Cc2nc(-c3ccncc3)n[nH]2)CC1. The van der Waals surface area contributed by atoms with Gasteiger partial charge in [0.1, 0.15) is 5.82 Å². The Bertz CT molecular complexity index is 880. The highest BCUT2D eigenvalue weighted by Gasteiger charge is 2.25. The van der Waals surface area contributed by atoms with Crippen LogP contribution in [0.3, 0.4) is 0 Å². The van der Waals surface area contributed by atoms with E-state index in [1.165, 1.54) is 11.3 Å². The summed E-state index contributed by atoms with van der Waals surface area (Å²) >= 11 is 1.54. The topological polar surface area (TPSA) is 74.8 Å². The molecule has 3 aromatic rings. The monoisotopic (exact) mass is 367 g/mol. The van der Waals surface area contributed by atoms with Gasteiger partial charge in [0.25, 0.3) is 5.91 Å². The molecule has 6 nitrogen and oxygen atoms in total. The maximum atomic E-state index is 12.6. The predicted octanol–water partition coefficient (Wildman–Crippen LogP) is 3.33. The Morgan fingerprint density at radius 3 is 2.73 bits per heavy atom. The number of piperidine rings is 1. The Hall–Kier alpha value is -2.54. The third-order valence-corrected chi connectivity index (χ3v) is 5.91. The van der Waals surface area contributed by atoms with Crippen molar-refractivity contribution in [2.24, 2.45) is 5.92 Å². The van der Waals surface area contributed by atoms with Crippen molar-refractivity contribution in [2.45, 2.75) is 26.2 Å². The normalized spacial score (nSPS) is 15.3. The first-order valence-electron chi connectivity index (χ1n) is 8.86. The van der Waals surface area contributed by atoms with E-state index in [4.69, 9.17) is 0 Å². The molecule has 0 bridgehead atoms. The van der Waals surface area contributed by atoms with E-state index in [0.717, 1.165) is 54.2 Å². The van der Waals surface area contributed by atoms with Crippen molar-refractivity contribution < 1.29 is 4.79 Å². The first-order chi connectivity index (χ1) is 12.7. The van der Waals surface area contributed by atoms with Crippen LogP contribution in [0.1, 0.15) is 33.9 Å². The highest BCUT2D eigenvalue weighted by atomic mass is 32.1. The second kappa shape index (κ2) is 7.37. The van der Waals surface area contributed by atoms with Gasteiger partial charge in [-0.3, -0.25) is 14.9 Å². The molecule has 1 fully saturated rings. The summed E-state index contributed by atoms with van der Waals surface area (Å²) in [6, 6.07) is 5.82. The van der Waals surface area contributed by atoms with E-state index < -0.39 is 0 Å². The largest absolute Gasteiger partial charge is 0.338 e. The standard InChI is InChI=1S/C19H21N5OS/c1-13-6-11-26-17(13)19(25)24-9-4-14(5-10-24)12-16-21-18(23-22-16)15-2-7-20-8-3-15/h2-3,6-8,11,14H,4-5,9-10,12H2,1H3,(H,21,22,23). The van der Waals surface area contributed by atoms with Crippen LogP contribution < -0.4 is 0 Å². The number of aryl methyl sites for hydroxylation is 1. The molecule has 1 saturated heterocycles.